The first kappa shape index (κ1) is 80.1. The van der Waals surface area contributed by atoms with Gasteiger partial charge in [-0.05, 0) is 109 Å². The lowest BCUT2D eigenvalue weighted by Crippen LogP contribution is -2.30. The van der Waals surface area contributed by atoms with E-state index in [2.05, 4.69) is 81.5 Å². The van der Waals surface area contributed by atoms with E-state index in [4.69, 9.17) is 14.2 Å². The van der Waals surface area contributed by atoms with Crippen LogP contribution in [0.4, 0.5) is 0 Å². The zero-order valence-corrected chi connectivity index (χ0v) is 55.7. The molecule has 0 aliphatic carbocycles. The third-order valence-corrected chi connectivity index (χ3v) is 16.5. The van der Waals surface area contributed by atoms with Gasteiger partial charge in [-0.25, -0.2) is 0 Å². The van der Waals surface area contributed by atoms with Gasteiger partial charge in [0.1, 0.15) is 13.2 Å². The third-order valence-electron chi connectivity index (χ3n) is 16.5. The highest BCUT2D eigenvalue weighted by Crippen LogP contribution is 2.18. The van der Waals surface area contributed by atoms with Crippen molar-refractivity contribution in [2.45, 2.75) is 399 Å². The van der Waals surface area contributed by atoms with Crippen LogP contribution in [0.1, 0.15) is 393 Å². The van der Waals surface area contributed by atoms with Crippen LogP contribution in [-0.4, -0.2) is 37.2 Å². The molecule has 1 unspecified atom stereocenters. The Hall–Kier alpha value is -2.89. The van der Waals surface area contributed by atoms with Gasteiger partial charge in [0.25, 0.3) is 0 Å². The Labute approximate surface area is 517 Å². The lowest BCUT2D eigenvalue weighted by Gasteiger charge is -2.18. The molecule has 0 saturated carbocycles. The van der Waals surface area contributed by atoms with E-state index >= 15 is 0 Å². The fourth-order valence-corrected chi connectivity index (χ4v) is 10.9. The van der Waals surface area contributed by atoms with Crippen molar-refractivity contribution < 1.29 is 28.6 Å². The van der Waals surface area contributed by atoms with Gasteiger partial charge in [0.05, 0.1) is 0 Å². The van der Waals surface area contributed by atoms with Gasteiger partial charge in [0.15, 0.2) is 6.10 Å². The van der Waals surface area contributed by atoms with Gasteiger partial charge in [0.2, 0.25) is 0 Å². The molecule has 0 aromatic rings. The van der Waals surface area contributed by atoms with Crippen LogP contribution in [0.25, 0.3) is 0 Å². The molecule has 6 heteroatoms. The first-order valence-corrected chi connectivity index (χ1v) is 36.8. The second-order valence-corrected chi connectivity index (χ2v) is 24.8. The standard InChI is InChI=1S/C77H140O6/c1-4-7-10-13-16-19-22-25-27-29-31-33-35-36-37-38-39-40-42-43-45-47-49-52-55-58-61-64-67-70-76(79)82-73-74(72-81-75(78)69-66-63-60-57-54-51-24-21-18-15-12-9-6-3)83-77(80)71-68-65-62-59-56-53-50-48-46-44-41-34-32-30-28-26-23-20-17-14-11-8-5-2/h21,23-24,26,29-32,41,44,74H,4-20,22,25,27-28,33-40,42-43,45-73H2,1-3H3/b24-21-,26-23-,31-29-,32-30-,44-41-. The maximum atomic E-state index is 13.0. The van der Waals surface area contributed by atoms with Gasteiger partial charge in [-0.2, -0.15) is 0 Å². The Morgan fingerprint density at radius 2 is 0.434 bits per heavy atom. The lowest BCUT2D eigenvalue weighted by atomic mass is 10.0. The molecule has 0 saturated heterocycles. The minimum atomic E-state index is -0.782. The number of allylic oxidation sites excluding steroid dienone is 10. The molecule has 0 bridgehead atoms. The van der Waals surface area contributed by atoms with Gasteiger partial charge in [0, 0.05) is 19.3 Å². The molecule has 1 atom stereocenters. The summed E-state index contributed by atoms with van der Waals surface area (Å²) in [5, 5.41) is 0. The number of carbonyl (C=O) groups excluding carboxylic acids is 3. The second kappa shape index (κ2) is 71.6. The van der Waals surface area contributed by atoms with Crippen LogP contribution in [0.5, 0.6) is 0 Å². The topological polar surface area (TPSA) is 78.9 Å². The van der Waals surface area contributed by atoms with E-state index in [1.54, 1.807) is 0 Å². The molecule has 0 aromatic heterocycles. The molecular formula is C77H140O6. The molecular weight excluding hydrogens is 1020 g/mol. The largest absolute Gasteiger partial charge is 0.462 e. The van der Waals surface area contributed by atoms with Crippen LogP contribution < -0.4 is 0 Å². The predicted octanol–water partition coefficient (Wildman–Crippen LogP) is 25.5. The van der Waals surface area contributed by atoms with E-state index in [-0.39, 0.29) is 31.1 Å². The van der Waals surface area contributed by atoms with Crippen molar-refractivity contribution in [3.05, 3.63) is 60.8 Å². The molecule has 0 heterocycles. The van der Waals surface area contributed by atoms with E-state index < -0.39 is 6.10 Å². The van der Waals surface area contributed by atoms with Crippen LogP contribution >= 0.6 is 0 Å². The second-order valence-electron chi connectivity index (χ2n) is 24.8. The SMILES string of the molecule is CCCCCC/C=C\CCCCCCCC(=O)OCC(COC(=O)CCCCCCCCCCCCCCCCCCC/C=C\CCCCCCCCCC)OC(=O)CCCCCCCCCC/C=C\C/C=C\C/C=C\CCCCCCC. The maximum absolute atomic E-state index is 13.0. The lowest BCUT2D eigenvalue weighted by molar-refractivity contribution is -0.167. The minimum absolute atomic E-state index is 0.0766. The Kier molecular flexibility index (Phi) is 69.1. The Morgan fingerprint density at radius 1 is 0.241 bits per heavy atom. The maximum Gasteiger partial charge on any atom is 0.306 e. The molecule has 484 valence electrons. The molecule has 0 aliphatic heterocycles. The van der Waals surface area contributed by atoms with Crippen LogP contribution in [0, 0.1) is 0 Å². The van der Waals surface area contributed by atoms with Crippen LogP contribution in [0.15, 0.2) is 60.8 Å². The van der Waals surface area contributed by atoms with E-state index in [1.807, 2.05) is 0 Å². The highest BCUT2D eigenvalue weighted by atomic mass is 16.6. The molecule has 0 fully saturated rings. The van der Waals surface area contributed by atoms with Crippen molar-refractivity contribution >= 4 is 17.9 Å². The Balaban J connectivity index is 4.23. The molecule has 0 rings (SSSR count). The quantitative estimate of drug-likeness (QED) is 0.0261. The molecule has 0 amide bonds. The highest BCUT2D eigenvalue weighted by Gasteiger charge is 2.19. The van der Waals surface area contributed by atoms with E-state index in [1.165, 1.54) is 270 Å². The van der Waals surface area contributed by atoms with Crippen LogP contribution in [-0.2, 0) is 28.6 Å². The summed E-state index contributed by atoms with van der Waals surface area (Å²) in [6, 6.07) is 0. The van der Waals surface area contributed by atoms with E-state index in [9.17, 15) is 14.4 Å². The normalized spacial score (nSPS) is 12.4. The average molecular weight is 1160 g/mol. The van der Waals surface area contributed by atoms with Crippen molar-refractivity contribution in [2.24, 2.45) is 0 Å². The summed E-state index contributed by atoms with van der Waals surface area (Å²) < 4.78 is 17.0. The van der Waals surface area contributed by atoms with Crippen molar-refractivity contribution in [3.63, 3.8) is 0 Å². The van der Waals surface area contributed by atoms with Gasteiger partial charge in [-0.15, -0.1) is 0 Å². The molecule has 0 aliphatic rings. The number of carbonyl (C=O) groups is 3. The summed E-state index contributed by atoms with van der Waals surface area (Å²) in [6.07, 6.45) is 92.6. The number of esters is 3. The summed E-state index contributed by atoms with van der Waals surface area (Å²) in [6.45, 7) is 6.66. The zero-order chi connectivity index (χ0) is 59.9. The predicted molar refractivity (Wildman–Crippen MR) is 362 cm³/mol. The summed E-state index contributed by atoms with van der Waals surface area (Å²) in [5.74, 6) is -0.870. The molecule has 83 heavy (non-hydrogen) atoms. The molecule has 6 nitrogen and oxygen atoms in total. The van der Waals surface area contributed by atoms with E-state index in [0.717, 1.165) is 83.5 Å². The minimum Gasteiger partial charge on any atom is -0.462 e. The number of unbranched alkanes of at least 4 members (excludes halogenated alkanes) is 47. The number of ether oxygens (including phenoxy) is 3. The summed E-state index contributed by atoms with van der Waals surface area (Å²) >= 11 is 0. The Morgan fingerprint density at radius 3 is 0.699 bits per heavy atom. The number of rotatable bonds is 68. The van der Waals surface area contributed by atoms with Crippen molar-refractivity contribution in [1.82, 2.24) is 0 Å². The first-order chi connectivity index (χ1) is 41.0. The fraction of sp³-hybridized carbons (Fsp3) is 0.831. The highest BCUT2D eigenvalue weighted by molar-refractivity contribution is 5.71. The van der Waals surface area contributed by atoms with Gasteiger partial charge in [-0.1, -0.05) is 326 Å². The van der Waals surface area contributed by atoms with Crippen molar-refractivity contribution in [1.29, 1.82) is 0 Å². The van der Waals surface area contributed by atoms with Gasteiger partial charge >= 0.3 is 17.9 Å². The summed E-state index contributed by atoms with van der Waals surface area (Å²) in [5.41, 5.74) is 0. The summed E-state index contributed by atoms with van der Waals surface area (Å²) in [4.78, 5) is 38.4. The van der Waals surface area contributed by atoms with Crippen molar-refractivity contribution in [2.75, 3.05) is 13.2 Å². The smallest absolute Gasteiger partial charge is 0.306 e. The summed E-state index contributed by atoms with van der Waals surface area (Å²) in [7, 11) is 0. The number of hydrogen-bond acceptors (Lipinski definition) is 6. The number of hydrogen-bond donors (Lipinski definition) is 0. The monoisotopic (exact) mass is 1160 g/mol. The third kappa shape index (κ3) is 69.8. The molecule has 0 N–H and O–H groups in total. The molecule has 0 aromatic carbocycles. The van der Waals surface area contributed by atoms with Crippen LogP contribution in [0.3, 0.4) is 0 Å². The van der Waals surface area contributed by atoms with Gasteiger partial charge in [-0.3, -0.25) is 14.4 Å². The molecule has 0 spiro atoms. The van der Waals surface area contributed by atoms with Crippen LogP contribution in [0.2, 0.25) is 0 Å². The fourth-order valence-electron chi connectivity index (χ4n) is 10.9. The van der Waals surface area contributed by atoms with E-state index in [0.29, 0.717) is 19.3 Å². The van der Waals surface area contributed by atoms with Gasteiger partial charge < -0.3 is 14.2 Å². The molecule has 0 radical (unpaired) electrons. The first-order valence-electron chi connectivity index (χ1n) is 36.8. The average Bonchev–Trinajstić information content (AvgIpc) is 3.49. The Bertz CT molecular complexity index is 1470. The van der Waals surface area contributed by atoms with Crippen molar-refractivity contribution in [3.8, 4) is 0 Å². The zero-order valence-electron chi connectivity index (χ0n) is 55.7.